The van der Waals surface area contributed by atoms with Crippen LogP contribution in [0.3, 0.4) is 0 Å². The quantitative estimate of drug-likeness (QED) is 0.172. The molecule has 0 unspecified atom stereocenters. The van der Waals surface area contributed by atoms with Gasteiger partial charge in [-0.2, -0.15) is 5.26 Å². The Labute approximate surface area is 289 Å². The number of fused-ring (bicyclic) bond motifs is 1. The fourth-order valence-corrected chi connectivity index (χ4v) is 7.21. The van der Waals surface area contributed by atoms with Crippen molar-refractivity contribution >= 4 is 50.9 Å². The van der Waals surface area contributed by atoms with Gasteiger partial charge in [-0.1, -0.05) is 47.2 Å². The highest BCUT2D eigenvalue weighted by atomic mass is 79.9. The molecular formula is C35H31BrClN3O6S. The average molecular weight is 737 g/mol. The van der Waals surface area contributed by atoms with Crippen LogP contribution in [-0.2, 0) is 16.1 Å². The molecule has 242 valence electrons. The van der Waals surface area contributed by atoms with E-state index in [9.17, 15) is 14.9 Å². The summed E-state index contributed by atoms with van der Waals surface area (Å²) in [6, 6.07) is 17.3. The number of nitrogens with zero attached hydrogens (tertiary/aromatic N) is 3. The predicted octanol–water partition coefficient (Wildman–Crippen LogP) is 6.46. The Morgan fingerprint density at radius 3 is 2.64 bits per heavy atom. The van der Waals surface area contributed by atoms with Crippen LogP contribution in [0.15, 0.2) is 80.1 Å². The normalized spacial score (nSPS) is 14.4. The van der Waals surface area contributed by atoms with Crippen LogP contribution in [0.4, 0.5) is 0 Å². The van der Waals surface area contributed by atoms with E-state index in [1.165, 1.54) is 23.0 Å². The van der Waals surface area contributed by atoms with Gasteiger partial charge in [0.05, 0.1) is 62.8 Å². The third-order valence-corrected chi connectivity index (χ3v) is 9.06. The van der Waals surface area contributed by atoms with E-state index in [1.807, 2.05) is 32.0 Å². The highest BCUT2D eigenvalue weighted by Gasteiger charge is 2.34. The summed E-state index contributed by atoms with van der Waals surface area (Å²) < 4.78 is 25.4. The van der Waals surface area contributed by atoms with E-state index >= 15 is 0 Å². The minimum absolute atomic E-state index is 0.0842. The maximum atomic E-state index is 14.1. The van der Waals surface area contributed by atoms with Gasteiger partial charge < -0.3 is 18.9 Å². The molecule has 2 heterocycles. The van der Waals surface area contributed by atoms with Crippen LogP contribution in [0, 0.1) is 11.3 Å². The van der Waals surface area contributed by atoms with Crippen LogP contribution >= 0.6 is 38.9 Å². The summed E-state index contributed by atoms with van der Waals surface area (Å²) in [7, 11) is 1.54. The molecule has 1 aromatic heterocycles. The van der Waals surface area contributed by atoms with Gasteiger partial charge >= 0.3 is 5.97 Å². The first kappa shape index (κ1) is 34.0. The summed E-state index contributed by atoms with van der Waals surface area (Å²) in [4.78, 5) is 32.5. The van der Waals surface area contributed by atoms with Crippen LogP contribution in [0.5, 0.6) is 17.2 Å². The van der Waals surface area contributed by atoms with E-state index in [0.29, 0.717) is 58.5 Å². The number of halogens is 2. The molecule has 0 aliphatic carbocycles. The molecular weight excluding hydrogens is 706 g/mol. The lowest BCUT2D eigenvalue weighted by Crippen LogP contribution is -2.40. The molecule has 0 N–H and O–H groups in total. The average Bonchev–Trinajstić information content (AvgIpc) is 3.33. The van der Waals surface area contributed by atoms with Gasteiger partial charge in [0.2, 0.25) is 0 Å². The molecule has 5 rings (SSSR count). The Kier molecular flexibility index (Phi) is 10.5. The Morgan fingerprint density at radius 2 is 1.96 bits per heavy atom. The fourth-order valence-electron chi connectivity index (χ4n) is 5.17. The maximum absolute atomic E-state index is 14.1. The first-order valence-electron chi connectivity index (χ1n) is 14.7. The number of allylic oxidation sites excluding steroid dienone is 1. The number of carbonyl (C=O) groups excluding carboxylic acids is 1. The lowest BCUT2D eigenvalue weighted by Gasteiger charge is -2.25. The highest BCUT2D eigenvalue weighted by molar-refractivity contribution is 9.10. The Bertz CT molecular complexity index is 2090. The second-order valence-corrected chi connectivity index (χ2v) is 13.0. The molecule has 0 radical (unpaired) electrons. The molecule has 0 saturated heterocycles. The molecule has 0 saturated carbocycles. The van der Waals surface area contributed by atoms with Gasteiger partial charge in [0.15, 0.2) is 22.0 Å². The van der Waals surface area contributed by atoms with E-state index in [4.69, 9.17) is 30.5 Å². The zero-order valence-electron chi connectivity index (χ0n) is 26.3. The fraction of sp³-hybridized carbons (Fsp3) is 0.257. The highest BCUT2D eigenvalue weighted by Crippen LogP contribution is 2.37. The molecule has 4 aromatic rings. The third-order valence-electron chi connectivity index (χ3n) is 7.21. The Hall–Kier alpha value is -4.37. The summed E-state index contributed by atoms with van der Waals surface area (Å²) in [5.41, 5.74) is 2.90. The molecule has 0 amide bonds. The third kappa shape index (κ3) is 7.15. The zero-order chi connectivity index (χ0) is 33.8. The summed E-state index contributed by atoms with van der Waals surface area (Å²) in [6.07, 6.45) is 1.63. The largest absolute Gasteiger partial charge is 0.493 e. The monoisotopic (exact) mass is 735 g/mol. The van der Waals surface area contributed by atoms with E-state index in [-0.39, 0.29) is 30.5 Å². The van der Waals surface area contributed by atoms with Crippen LogP contribution in [-0.4, -0.2) is 30.4 Å². The van der Waals surface area contributed by atoms with Crippen molar-refractivity contribution in [1.29, 1.82) is 5.26 Å². The second kappa shape index (κ2) is 14.6. The van der Waals surface area contributed by atoms with Gasteiger partial charge in [-0.15, -0.1) is 0 Å². The molecule has 9 nitrogen and oxygen atoms in total. The molecule has 0 spiro atoms. The standard InChI is InChI=1S/C35H31BrClN3O6S/c1-6-44-34(42)30-20(4)39-35-40(31(30)22-11-12-27(46-19(2)3)28(16-22)43-5)33(41)29(47-35)15-21-13-25(36)32(26(37)14-21)45-18-24-10-8-7-9-23(24)17-38/h7-16,19,31H,6,18H2,1-5H3/b29-15-/t31-/m0/s1. The smallest absolute Gasteiger partial charge is 0.338 e. The Balaban J connectivity index is 1.58. The topological polar surface area (TPSA) is 112 Å². The summed E-state index contributed by atoms with van der Waals surface area (Å²) in [5, 5.41) is 9.72. The summed E-state index contributed by atoms with van der Waals surface area (Å²) in [6.45, 7) is 7.60. The number of thiazole rings is 1. The van der Waals surface area contributed by atoms with E-state index < -0.39 is 12.0 Å². The number of esters is 1. The van der Waals surface area contributed by atoms with E-state index in [2.05, 4.69) is 27.0 Å². The molecule has 1 aliphatic heterocycles. The summed E-state index contributed by atoms with van der Waals surface area (Å²) >= 11 is 11.4. The van der Waals surface area contributed by atoms with Crippen LogP contribution in [0.2, 0.25) is 5.02 Å². The van der Waals surface area contributed by atoms with Gasteiger partial charge in [-0.3, -0.25) is 9.36 Å². The van der Waals surface area contributed by atoms with Crippen molar-refractivity contribution in [2.24, 2.45) is 4.99 Å². The van der Waals surface area contributed by atoms with Crippen molar-refractivity contribution in [3.05, 3.63) is 117 Å². The number of hydrogen-bond donors (Lipinski definition) is 0. The maximum Gasteiger partial charge on any atom is 0.338 e. The first-order valence-corrected chi connectivity index (χ1v) is 16.7. The van der Waals surface area contributed by atoms with Gasteiger partial charge in [-0.25, -0.2) is 9.79 Å². The van der Waals surface area contributed by atoms with Crippen molar-refractivity contribution in [2.45, 2.75) is 46.4 Å². The van der Waals surface area contributed by atoms with Crippen LogP contribution in [0.25, 0.3) is 6.08 Å². The SMILES string of the molecule is CCOC(=O)C1=C(C)N=c2s/c(=C\c3cc(Cl)c(OCc4ccccc4C#N)c(Br)c3)c(=O)n2[C@H]1c1ccc(OC(C)C)c(OC)c1. The molecule has 0 bridgehead atoms. The van der Waals surface area contributed by atoms with Crippen molar-refractivity contribution < 1.29 is 23.7 Å². The molecule has 1 aliphatic rings. The van der Waals surface area contributed by atoms with Crippen molar-refractivity contribution in [2.75, 3.05) is 13.7 Å². The van der Waals surface area contributed by atoms with Crippen molar-refractivity contribution in [3.63, 3.8) is 0 Å². The molecule has 3 aromatic carbocycles. The number of rotatable bonds is 10. The van der Waals surface area contributed by atoms with Crippen LogP contribution in [0.1, 0.15) is 56.0 Å². The number of methoxy groups -OCH3 is 1. The Morgan fingerprint density at radius 1 is 1.19 bits per heavy atom. The van der Waals surface area contributed by atoms with Gasteiger partial charge in [0.1, 0.15) is 6.61 Å². The number of nitriles is 1. The minimum atomic E-state index is -0.822. The van der Waals surface area contributed by atoms with Gasteiger partial charge in [0, 0.05) is 5.56 Å². The van der Waals surface area contributed by atoms with Crippen molar-refractivity contribution in [3.8, 4) is 23.3 Å². The predicted molar refractivity (Wildman–Crippen MR) is 184 cm³/mol. The van der Waals surface area contributed by atoms with E-state index in [0.717, 1.165) is 5.56 Å². The number of aromatic nitrogens is 1. The van der Waals surface area contributed by atoms with Gasteiger partial charge in [0.25, 0.3) is 5.56 Å². The lowest BCUT2D eigenvalue weighted by atomic mass is 9.95. The second-order valence-electron chi connectivity index (χ2n) is 10.8. The molecule has 1 atom stereocenters. The number of benzene rings is 3. The molecule has 47 heavy (non-hydrogen) atoms. The molecule has 0 fully saturated rings. The number of hydrogen-bond acceptors (Lipinski definition) is 9. The zero-order valence-corrected chi connectivity index (χ0v) is 29.5. The number of ether oxygens (including phenoxy) is 4. The van der Waals surface area contributed by atoms with E-state index in [1.54, 1.807) is 56.3 Å². The minimum Gasteiger partial charge on any atom is -0.493 e. The first-order chi connectivity index (χ1) is 22.6. The van der Waals surface area contributed by atoms with Crippen molar-refractivity contribution in [1.82, 2.24) is 4.57 Å². The number of carbonyl (C=O) groups is 1. The molecule has 12 heteroatoms. The van der Waals surface area contributed by atoms with Crippen LogP contribution < -0.4 is 29.1 Å². The summed E-state index contributed by atoms with van der Waals surface area (Å²) in [5.74, 6) is 0.861. The van der Waals surface area contributed by atoms with Gasteiger partial charge in [-0.05, 0) is 91.2 Å². The lowest BCUT2D eigenvalue weighted by molar-refractivity contribution is -0.139.